The van der Waals surface area contributed by atoms with Crippen LogP contribution >= 0.6 is 0 Å². The van der Waals surface area contributed by atoms with E-state index in [1.165, 1.54) is 161 Å². The molecule has 0 amide bonds. The lowest BCUT2D eigenvalue weighted by Gasteiger charge is -2.39. The highest BCUT2D eigenvalue weighted by atomic mass is 16.7. The van der Waals surface area contributed by atoms with E-state index in [1.807, 2.05) is 0 Å². The highest BCUT2D eigenvalue weighted by Crippen LogP contribution is 2.23. The molecule has 1 fully saturated rings. The van der Waals surface area contributed by atoms with Gasteiger partial charge in [0.2, 0.25) is 0 Å². The summed E-state index contributed by atoms with van der Waals surface area (Å²) in [5, 5.41) is 40.2. The number of ether oxygens (including phenoxy) is 4. The van der Waals surface area contributed by atoms with Gasteiger partial charge in [-0.25, -0.2) is 0 Å². The third-order valence-electron chi connectivity index (χ3n) is 12.3. The third-order valence-corrected chi connectivity index (χ3v) is 12.3. The highest BCUT2D eigenvalue weighted by molar-refractivity contribution is 5.70. The van der Waals surface area contributed by atoms with E-state index >= 15 is 0 Å². The maximum absolute atomic E-state index is 12.8. The first kappa shape index (κ1) is 59.2. The largest absolute Gasteiger partial charge is 0.462 e. The van der Waals surface area contributed by atoms with E-state index in [0.29, 0.717) is 12.8 Å². The topological polar surface area (TPSA) is 152 Å². The van der Waals surface area contributed by atoms with Crippen molar-refractivity contribution in [3.8, 4) is 0 Å². The number of hydrogen-bond donors (Lipinski definition) is 4. The lowest BCUT2D eigenvalue weighted by molar-refractivity contribution is -0.305. The minimum Gasteiger partial charge on any atom is -0.462 e. The van der Waals surface area contributed by atoms with Crippen molar-refractivity contribution in [2.45, 2.75) is 282 Å². The molecule has 1 saturated heterocycles. The molecule has 2 unspecified atom stereocenters. The summed E-state index contributed by atoms with van der Waals surface area (Å²) >= 11 is 0. The molecule has 0 aromatic carbocycles. The van der Waals surface area contributed by atoms with E-state index in [0.717, 1.165) is 44.9 Å². The molecule has 6 atom stereocenters. The Labute approximate surface area is 385 Å². The Hall–Kier alpha value is -1.82. The maximum atomic E-state index is 12.8. The van der Waals surface area contributed by atoms with Crippen LogP contribution in [0.15, 0.2) is 24.3 Å². The van der Waals surface area contributed by atoms with Crippen molar-refractivity contribution in [1.29, 1.82) is 0 Å². The Morgan fingerprint density at radius 3 is 1.29 bits per heavy atom. The van der Waals surface area contributed by atoms with Crippen molar-refractivity contribution < 1.29 is 49.0 Å². The molecule has 0 aromatic heterocycles. The summed E-state index contributed by atoms with van der Waals surface area (Å²) in [7, 11) is 0. The van der Waals surface area contributed by atoms with E-state index in [9.17, 15) is 30.0 Å². The Balaban J connectivity index is 2.25. The van der Waals surface area contributed by atoms with E-state index in [2.05, 4.69) is 38.2 Å². The van der Waals surface area contributed by atoms with Gasteiger partial charge in [-0.1, -0.05) is 199 Å². The van der Waals surface area contributed by atoms with Gasteiger partial charge in [-0.3, -0.25) is 9.59 Å². The standard InChI is InChI=1S/C53H98O10/c1-3-5-7-9-11-13-15-17-19-20-21-22-23-24-25-26-28-30-32-34-36-38-40-42-49(56)62-46(45-61-53-52(59)51(58)50(57)47(43-54)63-53)44-60-48(55)41-39-37-35-33-31-29-27-18-16-14-12-10-8-6-4-2/h18,27,34,36,46-47,50-54,57-59H,3-17,19-26,28-33,35,37-45H2,1-2H3/b27-18+,36-34+/t46-,47-,50+,51?,52?,53-/m1/s1. The van der Waals surface area contributed by atoms with Crippen LogP contribution in [-0.4, -0.2) is 89.0 Å². The van der Waals surface area contributed by atoms with Gasteiger partial charge in [0.15, 0.2) is 12.4 Å². The van der Waals surface area contributed by atoms with Crippen molar-refractivity contribution in [1.82, 2.24) is 0 Å². The monoisotopic (exact) mass is 895 g/mol. The van der Waals surface area contributed by atoms with Crippen LogP contribution in [0.5, 0.6) is 0 Å². The molecule has 1 rings (SSSR count). The minimum atomic E-state index is -1.60. The second-order valence-electron chi connectivity index (χ2n) is 18.3. The van der Waals surface area contributed by atoms with Crippen LogP contribution in [0.1, 0.15) is 245 Å². The number of allylic oxidation sites excluding steroid dienone is 4. The Kier molecular flexibility index (Phi) is 41.4. The Morgan fingerprint density at radius 2 is 0.857 bits per heavy atom. The zero-order valence-electron chi connectivity index (χ0n) is 40.6. The first-order valence-electron chi connectivity index (χ1n) is 26.4. The van der Waals surface area contributed by atoms with Gasteiger partial charge in [-0.05, 0) is 57.8 Å². The van der Waals surface area contributed by atoms with Crippen molar-refractivity contribution in [3.63, 3.8) is 0 Å². The molecule has 0 radical (unpaired) electrons. The van der Waals surface area contributed by atoms with E-state index < -0.39 is 49.4 Å². The van der Waals surface area contributed by atoms with Gasteiger partial charge < -0.3 is 39.4 Å². The molecule has 370 valence electrons. The summed E-state index contributed by atoms with van der Waals surface area (Å²) in [6.45, 7) is 3.42. The average Bonchev–Trinajstić information content (AvgIpc) is 3.28. The summed E-state index contributed by atoms with van der Waals surface area (Å²) in [5.74, 6) is -0.843. The smallest absolute Gasteiger partial charge is 0.306 e. The molecule has 1 aliphatic heterocycles. The van der Waals surface area contributed by atoms with Crippen molar-refractivity contribution in [3.05, 3.63) is 24.3 Å². The number of unbranched alkanes of at least 4 members (excludes halogenated alkanes) is 30. The SMILES string of the molecule is CCCCCCCC/C=C/CCCCCCCC(=O)OC[C@H](CO[C@@H]1O[C@H](CO)[C@H](O)C(O)C1O)OC(=O)CCC/C=C/CCCCCCCCCCCCCCCCCCCC. The molecule has 0 saturated carbocycles. The van der Waals surface area contributed by atoms with E-state index in [-0.39, 0.29) is 32.0 Å². The average molecular weight is 895 g/mol. The van der Waals surface area contributed by atoms with Gasteiger partial charge in [0.1, 0.15) is 31.0 Å². The molecule has 10 heteroatoms. The molecule has 0 bridgehead atoms. The van der Waals surface area contributed by atoms with Crippen LogP contribution in [0.25, 0.3) is 0 Å². The Bertz CT molecular complexity index is 1080. The van der Waals surface area contributed by atoms with E-state index in [4.69, 9.17) is 18.9 Å². The normalized spacial score (nSPS) is 19.6. The lowest BCUT2D eigenvalue weighted by Crippen LogP contribution is -2.59. The number of aliphatic hydroxyl groups is 4. The van der Waals surface area contributed by atoms with Crippen LogP contribution in [-0.2, 0) is 28.5 Å². The number of rotatable bonds is 45. The van der Waals surface area contributed by atoms with Gasteiger partial charge >= 0.3 is 11.9 Å². The summed E-state index contributed by atoms with van der Waals surface area (Å²) in [6.07, 6.45) is 43.5. The summed E-state index contributed by atoms with van der Waals surface area (Å²) in [5.41, 5.74) is 0. The molecule has 10 nitrogen and oxygen atoms in total. The van der Waals surface area contributed by atoms with Crippen molar-refractivity contribution >= 4 is 11.9 Å². The van der Waals surface area contributed by atoms with Crippen LogP contribution in [0.2, 0.25) is 0 Å². The summed E-state index contributed by atoms with van der Waals surface area (Å²) in [6, 6.07) is 0. The number of esters is 2. The predicted molar refractivity (Wildman–Crippen MR) is 256 cm³/mol. The number of carbonyl (C=O) groups excluding carboxylic acids is 2. The van der Waals surface area contributed by atoms with E-state index in [1.54, 1.807) is 0 Å². The maximum Gasteiger partial charge on any atom is 0.306 e. The first-order chi connectivity index (χ1) is 30.8. The van der Waals surface area contributed by atoms with Crippen LogP contribution in [0, 0.1) is 0 Å². The minimum absolute atomic E-state index is 0.183. The Morgan fingerprint density at radius 1 is 0.476 bits per heavy atom. The fourth-order valence-corrected chi connectivity index (χ4v) is 8.13. The molecular weight excluding hydrogens is 797 g/mol. The quantitative estimate of drug-likeness (QED) is 0.0264. The molecule has 1 heterocycles. The van der Waals surface area contributed by atoms with Gasteiger partial charge in [-0.15, -0.1) is 0 Å². The summed E-state index contributed by atoms with van der Waals surface area (Å²) in [4.78, 5) is 25.4. The molecular formula is C53H98O10. The molecule has 0 spiro atoms. The molecule has 1 aliphatic rings. The second-order valence-corrected chi connectivity index (χ2v) is 18.3. The number of carbonyl (C=O) groups is 2. The van der Waals surface area contributed by atoms with Gasteiger partial charge in [0, 0.05) is 12.8 Å². The third kappa shape index (κ3) is 35.1. The van der Waals surface area contributed by atoms with Gasteiger partial charge in [0.05, 0.1) is 13.2 Å². The zero-order valence-corrected chi connectivity index (χ0v) is 40.6. The van der Waals surface area contributed by atoms with Crippen molar-refractivity contribution in [2.75, 3.05) is 19.8 Å². The summed E-state index contributed by atoms with van der Waals surface area (Å²) < 4.78 is 22.2. The second kappa shape index (κ2) is 44.0. The fraction of sp³-hybridized carbons (Fsp3) is 0.887. The molecule has 0 aromatic rings. The van der Waals surface area contributed by atoms with Crippen LogP contribution in [0.4, 0.5) is 0 Å². The molecule has 4 N–H and O–H groups in total. The highest BCUT2D eigenvalue weighted by Gasteiger charge is 2.44. The number of hydrogen-bond acceptors (Lipinski definition) is 10. The van der Waals surface area contributed by atoms with Gasteiger partial charge in [-0.2, -0.15) is 0 Å². The number of aliphatic hydroxyl groups excluding tert-OH is 4. The van der Waals surface area contributed by atoms with Crippen LogP contribution in [0.3, 0.4) is 0 Å². The predicted octanol–water partition coefficient (Wildman–Crippen LogP) is 12.5. The zero-order chi connectivity index (χ0) is 45.9. The van der Waals surface area contributed by atoms with Crippen molar-refractivity contribution in [2.24, 2.45) is 0 Å². The lowest BCUT2D eigenvalue weighted by atomic mass is 9.99. The van der Waals surface area contributed by atoms with Crippen LogP contribution < -0.4 is 0 Å². The molecule has 63 heavy (non-hydrogen) atoms. The fourth-order valence-electron chi connectivity index (χ4n) is 8.13. The van der Waals surface area contributed by atoms with Gasteiger partial charge in [0.25, 0.3) is 0 Å². The first-order valence-corrected chi connectivity index (χ1v) is 26.4. The molecule has 0 aliphatic carbocycles.